The number of carbonyl (C=O) groups excluding carboxylic acids is 2. The molecule has 23 heavy (non-hydrogen) atoms. The molecule has 0 spiro atoms. The number of nitrogens with two attached hydrogens (primary N) is 1. The summed E-state index contributed by atoms with van der Waals surface area (Å²) in [6.45, 7) is 3.86. The highest BCUT2D eigenvalue weighted by Crippen LogP contribution is 2.13. The molecule has 0 aromatic heterocycles. The molecule has 0 atom stereocenters. The van der Waals surface area contributed by atoms with E-state index in [1.54, 1.807) is 13.8 Å². The van der Waals surface area contributed by atoms with Crippen LogP contribution >= 0.6 is 0 Å². The van der Waals surface area contributed by atoms with E-state index in [-0.39, 0.29) is 10.8 Å². The minimum atomic E-state index is -3.73. The maximum atomic E-state index is 12.1. The summed E-state index contributed by atoms with van der Waals surface area (Å²) in [5, 5.41) is 2.67. The number of rotatable bonds is 6. The third-order valence-corrected chi connectivity index (χ3v) is 4.61. The van der Waals surface area contributed by atoms with Crippen molar-refractivity contribution >= 4 is 21.7 Å². The van der Waals surface area contributed by atoms with Crippen molar-refractivity contribution in [2.24, 2.45) is 5.73 Å². The van der Waals surface area contributed by atoms with E-state index in [9.17, 15) is 18.0 Å². The Kier molecular flexibility index (Phi) is 5.90. The smallest absolute Gasteiger partial charge is 0.251 e. The minimum absolute atomic E-state index is 0.00315. The van der Waals surface area contributed by atoms with Gasteiger partial charge in [-0.25, -0.2) is 8.42 Å². The first-order chi connectivity index (χ1) is 10.4. The number of sulfone groups is 1. The van der Waals surface area contributed by atoms with Crippen molar-refractivity contribution in [2.75, 3.05) is 26.4 Å². The zero-order valence-corrected chi connectivity index (χ0v) is 14.6. The normalized spacial score (nSPS) is 11.9. The molecule has 0 bridgehead atoms. The molecule has 0 aliphatic rings. The quantitative estimate of drug-likeness (QED) is 0.758. The van der Waals surface area contributed by atoms with Gasteiger partial charge in [-0.05, 0) is 38.1 Å². The fourth-order valence-corrected chi connectivity index (χ4v) is 2.90. The van der Waals surface area contributed by atoms with Gasteiger partial charge >= 0.3 is 0 Å². The van der Waals surface area contributed by atoms with Crippen molar-refractivity contribution in [1.82, 2.24) is 10.2 Å². The summed E-state index contributed by atoms with van der Waals surface area (Å²) in [6.07, 6.45) is 0. The van der Waals surface area contributed by atoms with Gasteiger partial charge in [0.1, 0.15) is 5.75 Å². The Hall–Kier alpha value is -1.93. The lowest BCUT2D eigenvalue weighted by molar-refractivity contribution is -0.125. The predicted molar refractivity (Wildman–Crippen MR) is 87.8 cm³/mol. The molecule has 0 aliphatic carbocycles. The second-order valence-electron chi connectivity index (χ2n) is 6.24. The van der Waals surface area contributed by atoms with E-state index in [1.165, 1.54) is 43.3 Å². The van der Waals surface area contributed by atoms with Crippen molar-refractivity contribution in [3.05, 3.63) is 29.8 Å². The predicted octanol–water partition coefficient (Wildman–Crippen LogP) is 0.0156. The van der Waals surface area contributed by atoms with Crippen LogP contribution in [0, 0.1) is 0 Å². The van der Waals surface area contributed by atoms with Crippen molar-refractivity contribution in [2.45, 2.75) is 24.3 Å². The van der Waals surface area contributed by atoms with E-state index >= 15 is 0 Å². The van der Waals surface area contributed by atoms with Crippen LogP contribution in [0.3, 0.4) is 0 Å². The van der Waals surface area contributed by atoms with Crippen LogP contribution in [0.2, 0.25) is 0 Å². The monoisotopic (exact) mass is 341 g/mol. The Labute approximate surface area is 136 Å². The molecule has 3 N–H and O–H groups in total. The molecule has 0 fully saturated rings. The third-order valence-electron chi connectivity index (χ3n) is 2.99. The molecule has 2 amide bonds. The second kappa shape index (κ2) is 7.10. The van der Waals surface area contributed by atoms with Gasteiger partial charge in [0.2, 0.25) is 5.91 Å². The number of hydrogen-bond donors (Lipinski definition) is 2. The summed E-state index contributed by atoms with van der Waals surface area (Å²) < 4.78 is 24.2. The number of amides is 2. The van der Waals surface area contributed by atoms with Crippen molar-refractivity contribution in [3.8, 4) is 0 Å². The van der Waals surface area contributed by atoms with E-state index in [1.807, 2.05) is 0 Å². The van der Waals surface area contributed by atoms with E-state index in [0.717, 1.165) is 0 Å². The lowest BCUT2D eigenvalue weighted by Crippen LogP contribution is -2.45. The molecule has 1 aromatic carbocycles. The van der Waals surface area contributed by atoms with Gasteiger partial charge < -0.3 is 16.0 Å². The molecule has 0 heterocycles. The zero-order chi connectivity index (χ0) is 17.8. The van der Waals surface area contributed by atoms with E-state index in [4.69, 9.17) is 5.73 Å². The molecule has 7 nitrogen and oxygen atoms in total. The maximum absolute atomic E-state index is 12.1. The second-order valence-corrected chi connectivity index (χ2v) is 8.23. The maximum Gasteiger partial charge on any atom is 0.251 e. The summed E-state index contributed by atoms with van der Waals surface area (Å²) in [5.41, 5.74) is 5.57. The van der Waals surface area contributed by atoms with Crippen LogP contribution in [-0.2, 0) is 14.6 Å². The molecule has 0 radical (unpaired) electrons. The summed E-state index contributed by atoms with van der Waals surface area (Å²) in [5.74, 6) is -1.44. The summed E-state index contributed by atoms with van der Waals surface area (Å²) >= 11 is 0. The highest BCUT2D eigenvalue weighted by Gasteiger charge is 2.21. The molecule has 128 valence electrons. The Morgan fingerprint density at radius 1 is 1.17 bits per heavy atom. The van der Waals surface area contributed by atoms with Crippen molar-refractivity contribution in [3.63, 3.8) is 0 Å². The van der Waals surface area contributed by atoms with Crippen LogP contribution in [-0.4, -0.2) is 57.1 Å². The Bertz CT molecular complexity index is 674. The Morgan fingerprint density at radius 2 is 1.70 bits per heavy atom. The van der Waals surface area contributed by atoms with Crippen LogP contribution in [0.1, 0.15) is 24.2 Å². The van der Waals surface area contributed by atoms with Crippen LogP contribution in [0.15, 0.2) is 29.2 Å². The summed E-state index contributed by atoms with van der Waals surface area (Å²) in [6, 6.07) is 5.46. The number of hydrogen-bond acceptors (Lipinski definition) is 5. The topological polar surface area (TPSA) is 110 Å². The molecular formula is C15H23N3O4S. The van der Waals surface area contributed by atoms with Gasteiger partial charge in [0.05, 0.1) is 4.90 Å². The first-order valence-electron chi connectivity index (χ1n) is 7.02. The largest absolute Gasteiger partial charge is 0.350 e. The van der Waals surface area contributed by atoms with Crippen molar-refractivity contribution < 1.29 is 18.0 Å². The first kappa shape index (κ1) is 19.1. The minimum Gasteiger partial charge on any atom is -0.350 e. The molecule has 0 unspecified atom stereocenters. The van der Waals surface area contributed by atoms with Gasteiger partial charge in [-0.2, -0.15) is 0 Å². The Balaban J connectivity index is 2.84. The fourth-order valence-electron chi connectivity index (χ4n) is 1.60. The van der Waals surface area contributed by atoms with Gasteiger partial charge in [-0.15, -0.1) is 0 Å². The van der Waals surface area contributed by atoms with E-state index in [2.05, 4.69) is 5.32 Å². The summed E-state index contributed by atoms with van der Waals surface area (Å²) in [7, 11) is -0.745. The molecule has 8 heteroatoms. The molecule has 1 rings (SSSR count). The van der Waals surface area contributed by atoms with Gasteiger partial charge in [0, 0.05) is 31.7 Å². The van der Waals surface area contributed by atoms with Crippen LogP contribution in [0.5, 0.6) is 0 Å². The average Bonchev–Trinajstić information content (AvgIpc) is 2.43. The van der Waals surface area contributed by atoms with Crippen LogP contribution in [0.4, 0.5) is 0 Å². The summed E-state index contributed by atoms with van der Waals surface area (Å²) in [4.78, 5) is 24.7. The van der Waals surface area contributed by atoms with E-state index < -0.39 is 27.0 Å². The lowest BCUT2D eigenvalue weighted by Gasteiger charge is -2.18. The number of nitrogens with zero attached hydrogens (tertiary/aromatic N) is 1. The van der Waals surface area contributed by atoms with Gasteiger partial charge in [-0.1, -0.05) is 0 Å². The first-order valence-corrected chi connectivity index (χ1v) is 8.68. The van der Waals surface area contributed by atoms with Gasteiger partial charge in [0.15, 0.2) is 9.84 Å². The highest BCUT2D eigenvalue weighted by molar-refractivity contribution is 7.92. The molecule has 0 aliphatic heterocycles. The highest BCUT2D eigenvalue weighted by atomic mass is 32.2. The molecular weight excluding hydrogens is 318 g/mol. The van der Waals surface area contributed by atoms with E-state index in [0.29, 0.717) is 12.1 Å². The number of benzene rings is 1. The van der Waals surface area contributed by atoms with Gasteiger partial charge in [0.25, 0.3) is 5.91 Å². The third kappa shape index (κ3) is 5.99. The van der Waals surface area contributed by atoms with Crippen LogP contribution < -0.4 is 11.1 Å². The molecule has 0 saturated carbocycles. The van der Waals surface area contributed by atoms with Gasteiger partial charge in [-0.3, -0.25) is 9.59 Å². The standard InChI is InChI=1S/C15H23N3O4S/c1-15(2,16)10-17-14(20)11-5-7-12(8-6-11)23(21,22)9-13(19)18(3)4/h5-8H,9-10,16H2,1-4H3,(H,17,20). The number of nitrogens with one attached hydrogen (secondary N) is 1. The lowest BCUT2D eigenvalue weighted by atomic mass is 10.1. The number of carbonyl (C=O) groups is 2. The molecule has 0 saturated heterocycles. The molecule has 1 aromatic rings. The van der Waals surface area contributed by atoms with Crippen molar-refractivity contribution in [1.29, 1.82) is 0 Å². The Morgan fingerprint density at radius 3 is 2.13 bits per heavy atom. The average molecular weight is 341 g/mol. The SMILES string of the molecule is CN(C)C(=O)CS(=O)(=O)c1ccc(C(=O)NCC(C)(C)N)cc1. The van der Waals surface area contributed by atoms with Crippen LogP contribution in [0.25, 0.3) is 0 Å². The fraction of sp³-hybridized carbons (Fsp3) is 0.467. The zero-order valence-electron chi connectivity index (χ0n) is 13.8.